The summed E-state index contributed by atoms with van der Waals surface area (Å²) >= 11 is 1.17. The van der Waals surface area contributed by atoms with E-state index in [0.717, 1.165) is 22.6 Å². The lowest BCUT2D eigenvalue weighted by Crippen LogP contribution is -2.68. The quantitative estimate of drug-likeness (QED) is 0.0529. The third kappa shape index (κ3) is 24.6. The maximum atomic E-state index is 16.4. The summed E-state index contributed by atoms with van der Waals surface area (Å²) in [5, 5.41) is 26.8. The molecule has 1 heterocycles. The average Bonchev–Trinajstić information content (AvgIpc) is 0.760. The number of nitrogens with one attached hydrogen (secondary N) is 5. The van der Waals surface area contributed by atoms with E-state index in [9.17, 15) is 38.7 Å². The Balaban J connectivity index is 4.67. The number of carbonyl (C=O) groups excluding carboxylic acids is 11. The summed E-state index contributed by atoms with van der Waals surface area (Å²) in [5.41, 5.74) is 0. The Bertz CT molecular complexity index is 2620. The number of aliphatic hydroxyl groups excluding tert-OH is 1. The molecule has 0 aliphatic carbocycles. The first-order chi connectivity index (χ1) is 44.3. The van der Waals surface area contributed by atoms with Gasteiger partial charge in [-0.05, 0) is 127 Å². The first-order valence-electron chi connectivity index (χ1n) is 35.1. The fourth-order valence-corrected chi connectivity index (χ4v) is 14.0. The van der Waals surface area contributed by atoms with Crippen molar-refractivity contribution in [3.8, 4) is 0 Å². The van der Waals surface area contributed by atoms with Gasteiger partial charge in [-0.3, -0.25) is 52.7 Å². The number of nitrogens with zero attached hydrogens (tertiary/aromatic N) is 7. The molecule has 6 N–H and O–H groups in total. The van der Waals surface area contributed by atoms with Crippen molar-refractivity contribution in [1.29, 1.82) is 0 Å². The molecule has 1 rings (SSSR count). The molecular weight excluding hydrogens is 1240 g/mol. The largest absolute Gasteiger partial charge is 0.390 e. The monoisotopic (exact) mass is 1370 g/mol. The fourth-order valence-electron chi connectivity index (χ4n) is 12.4. The summed E-state index contributed by atoms with van der Waals surface area (Å²) < 4.78 is 0. The summed E-state index contributed by atoms with van der Waals surface area (Å²) in [6.07, 6.45) is 4.64. The molecule has 15 atom stereocenters. The van der Waals surface area contributed by atoms with Gasteiger partial charge in [0.1, 0.15) is 54.4 Å². The third-order valence-electron chi connectivity index (χ3n) is 18.6. The van der Waals surface area contributed by atoms with E-state index < -0.39 is 160 Å². The normalized spacial score (nSPS) is 27.0. The lowest BCUT2D eigenvalue weighted by molar-refractivity contribution is -0.159. The molecule has 0 bridgehead atoms. The van der Waals surface area contributed by atoms with Gasteiger partial charge in [-0.15, -0.1) is 11.8 Å². The van der Waals surface area contributed by atoms with Gasteiger partial charge in [-0.2, -0.15) is 0 Å². The molecular formula is C71H130N12O12S. The van der Waals surface area contributed by atoms with Crippen molar-refractivity contribution >= 4 is 76.7 Å². The molecule has 25 heteroatoms. The van der Waals surface area contributed by atoms with Gasteiger partial charge in [0.05, 0.1) is 18.0 Å². The van der Waals surface area contributed by atoms with Crippen LogP contribution < -0.4 is 26.6 Å². The minimum absolute atomic E-state index is 0.00420. The molecule has 0 aromatic rings. The van der Waals surface area contributed by atoms with Gasteiger partial charge in [0.2, 0.25) is 59.1 Å². The third-order valence-corrected chi connectivity index (χ3v) is 20.4. The predicted molar refractivity (Wildman–Crippen MR) is 381 cm³/mol. The summed E-state index contributed by atoms with van der Waals surface area (Å²) in [4.78, 5) is 172. The second-order valence-electron chi connectivity index (χ2n) is 29.7. The van der Waals surface area contributed by atoms with Gasteiger partial charge in [0.15, 0.2) is 4.87 Å². The van der Waals surface area contributed by atoms with E-state index in [1.807, 2.05) is 82.2 Å². The standard InChI is InChI=1S/C71H130N12O12S/c1-29-32-33-47(17)60(85)59-64(89)75-52(31-3)66(91)77(22)39-57(84)78(23)53(34-40(4)5)63(88)76-58(44(12)13)69(94)79(24)54(35-41(6)7)62(87)73-49(19)61(86)74-50(20)65(90)80(25)55(36-42(8)9)67(92)81(26)56(37-43(10)11)68(93)83(28)71(45(14)15,70(95)82(59)27)96-51(21)72-48(18)38-46(16)30-2/h29,32,40-56,58-60,72,85H,30-31,33-39H2,1-28H3,(H,73,87)(H,74,86)(H,75,89)(H,76,88)/b32-29+/t46?,47-,48?,49+,50-,51?,52+,53+,54+,55+,56+,58+,59+,60-,71+/m1/s1. The number of aliphatic hydroxyl groups is 1. The molecule has 1 fully saturated rings. The Morgan fingerprint density at radius 2 is 1.01 bits per heavy atom. The smallest absolute Gasteiger partial charge is 0.259 e. The van der Waals surface area contributed by atoms with Crippen molar-refractivity contribution in [1.82, 2.24) is 60.9 Å². The van der Waals surface area contributed by atoms with Crippen molar-refractivity contribution in [2.45, 2.75) is 274 Å². The Labute approximate surface area is 581 Å². The van der Waals surface area contributed by atoms with Crippen LogP contribution in [0.5, 0.6) is 0 Å². The molecule has 552 valence electrons. The number of thioether (sulfide) groups is 1. The zero-order valence-corrected chi connectivity index (χ0v) is 64.9. The SMILES string of the molecule is C/C=C/C[C@@H](C)[C@@H](O)[C@H]1C(=O)N[C@@H](CC)C(=O)N(C)CC(=O)N(C)[C@@H](CC(C)C)C(=O)N[C@@H](C(C)C)C(=O)N(C)[C@@H](CC(C)C)C(=O)N[C@@H](C)C(=O)N[C@H](C)C(=O)N(C)[C@@H](CC(C)C)C(=O)N(C)[C@@H](CC(C)C)C(=O)N(C)[C@](SC(C)NC(C)CC(C)CC)(C(C)C)C(=O)N1C. The molecule has 11 amide bonds. The van der Waals surface area contributed by atoms with Crippen molar-refractivity contribution in [2.24, 2.45) is 47.3 Å². The highest BCUT2D eigenvalue weighted by Gasteiger charge is 2.55. The van der Waals surface area contributed by atoms with Gasteiger partial charge in [-0.25, -0.2) is 0 Å². The lowest BCUT2D eigenvalue weighted by Gasteiger charge is -2.49. The maximum Gasteiger partial charge on any atom is 0.259 e. The van der Waals surface area contributed by atoms with E-state index >= 15 is 19.2 Å². The highest BCUT2D eigenvalue weighted by atomic mass is 32.2. The van der Waals surface area contributed by atoms with Crippen LogP contribution in [0, 0.1) is 47.3 Å². The van der Waals surface area contributed by atoms with Crippen molar-refractivity contribution in [3.05, 3.63) is 12.2 Å². The van der Waals surface area contributed by atoms with Gasteiger partial charge in [0, 0.05) is 55.4 Å². The van der Waals surface area contributed by atoms with Crippen LogP contribution in [0.25, 0.3) is 0 Å². The van der Waals surface area contributed by atoms with E-state index in [4.69, 9.17) is 0 Å². The first-order valence-corrected chi connectivity index (χ1v) is 36.0. The number of hydrogen-bond donors (Lipinski definition) is 6. The van der Waals surface area contributed by atoms with Crippen LogP contribution in [-0.2, 0) is 52.7 Å². The highest BCUT2D eigenvalue weighted by molar-refractivity contribution is 8.01. The van der Waals surface area contributed by atoms with Crippen molar-refractivity contribution < 1.29 is 57.8 Å². The van der Waals surface area contributed by atoms with Crippen LogP contribution in [0.2, 0.25) is 0 Å². The van der Waals surface area contributed by atoms with Crippen molar-refractivity contribution in [3.63, 3.8) is 0 Å². The molecule has 96 heavy (non-hydrogen) atoms. The number of hydrogen-bond acceptors (Lipinski definition) is 14. The Hall–Kier alpha value is -5.82. The van der Waals surface area contributed by atoms with Gasteiger partial charge in [0.25, 0.3) is 5.91 Å². The molecule has 0 spiro atoms. The van der Waals surface area contributed by atoms with E-state index in [-0.39, 0.29) is 68.2 Å². The summed E-state index contributed by atoms with van der Waals surface area (Å²) in [6.45, 7) is 37.8. The number of carbonyl (C=O) groups is 11. The minimum atomic E-state index is -1.89. The van der Waals surface area contributed by atoms with Gasteiger partial charge >= 0.3 is 0 Å². The topological polar surface area (TPSA) is 291 Å². The average molecular weight is 1380 g/mol. The molecule has 1 aliphatic heterocycles. The summed E-state index contributed by atoms with van der Waals surface area (Å²) in [7, 11) is 10.1. The van der Waals surface area contributed by atoms with E-state index in [2.05, 4.69) is 40.4 Å². The Morgan fingerprint density at radius 3 is 1.48 bits per heavy atom. The van der Waals surface area contributed by atoms with Crippen LogP contribution in [0.3, 0.4) is 0 Å². The highest BCUT2D eigenvalue weighted by Crippen LogP contribution is 2.42. The minimum Gasteiger partial charge on any atom is -0.390 e. The van der Waals surface area contributed by atoms with Gasteiger partial charge < -0.3 is 66.0 Å². The number of allylic oxidation sites excluding steroid dienone is 2. The predicted octanol–water partition coefficient (Wildman–Crippen LogP) is 6.09. The molecule has 0 saturated carbocycles. The van der Waals surface area contributed by atoms with Crippen LogP contribution in [0.15, 0.2) is 12.2 Å². The first kappa shape index (κ1) is 88.2. The zero-order valence-electron chi connectivity index (χ0n) is 64.0. The molecule has 3 unspecified atom stereocenters. The van der Waals surface area contributed by atoms with Crippen LogP contribution in [0.1, 0.15) is 197 Å². The Kier molecular flexibility index (Phi) is 37.0. The number of amides is 11. The van der Waals surface area contributed by atoms with Crippen LogP contribution >= 0.6 is 11.8 Å². The zero-order chi connectivity index (χ0) is 74.5. The second-order valence-corrected chi connectivity index (χ2v) is 31.3. The number of rotatable bonds is 22. The van der Waals surface area contributed by atoms with Gasteiger partial charge in [-0.1, -0.05) is 129 Å². The van der Waals surface area contributed by atoms with Crippen LogP contribution in [-0.4, -0.2) is 237 Å². The number of likely N-dealkylation sites (N-methyl/N-ethyl adjacent to an activating group) is 7. The van der Waals surface area contributed by atoms with Crippen LogP contribution in [0.4, 0.5) is 0 Å². The van der Waals surface area contributed by atoms with Crippen molar-refractivity contribution in [2.75, 3.05) is 55.9 Å². The lowest BCUT2D eigenvalue weighted by atomic mass is 9.91. The van der Waals surface area contributed by atoms with E-state index in [0.29, 0.717) is 5.92 Å². The van der Waals surface area contributed by atoms with E-state index in [1.54, 1.807) is 47.6 Å². The Morgan fingerprint density at radius 1 is 0.552 bits per heavy atom. The summed E-state index contributed by atoms with van der Waals surface area (Å²) in [5.74, 6) is -9.73. The molecule has 0 aromatic heterocycles. The second kappa shape index (κ2) is 40.3. The molecule has 24 nitrogen and oxygen atoms in total. The fraction of sp³-hybridized carbons (Fsp3) is 0.817. The maximum absolute atomic E-state index is 16.4. The molecule has 0 aromatic carbocycles. The summed E-state index contributed by atoms with van der Waals surface area (Å²) in [6, 6.07) is -11.4. The molecule has 1 saturated heterocycles. The van der Waals surface area contributed by atoms with E-state index in [1.165, 1.54) is 99.4 Å². The molecule has 0 radical (unpaired) electrons. The molecule has 1 aliphatic rings.